The minimum Gasteiger partial charge on any atom is -0.474 e. The van der Waals surface area contributed by atoms with E-state index in [9.17, 15) is 8.42 Å². The lowest BCUT2D eigenvalue weighted by molar-refractivity contribution is 0.119. The van der Waals surface area contributed by atoms with Crippen molar-refractivity contribution in [2.24, 2.45) is 5.11 Å². The average molecular weight is 396 g/mol. The Bertz CT molecular complexity index is 1010. The molecule has 1 fully saturated rings. The summed E-state index contributed by atoms with van der Waals surface area (Å²) in [5, 5.41) is 5.13. The third-order valence-electron chi connectivity index (χ3n) is 4.59. The van der Waals surface area contributed by atoms with Crippen molar-refractivity contribution in [2.75, 3.05) is 6.26 Å². The summed E-state index contributed by atoms with van der Waals surface area (Å²) in [7, 11) is -3.05. The monoisotopic (exact) mass is 395 g/mol. The highest BCUT2D eigenvalue weighted by atomic mass is 35.5. The van der Waals surface area contributed by atoms with Crippen LogP contribution >= 0.6 is 11.6 Å². The summed E-state index contributed by atoms with van der Waals surface area (Å²) in [6, 6.07) is 1.68. The average Bonchev–Trinajstić information content (AvgIpc) is 2.48. The number of hydrogen-bond donors (Lipinski definition) is 0. The van der Waals surface area contributed by atoms with Gasteiger partial charge in [-0.15, -0.1) is 0 Å². The Morgan fingerprint density at radius 3 is 2.62 bits per heavy atom. The summed E-state index contributed by atoms with van der Waals surface area (Å²) in [6.45, 7) is 3.56. The Labute approximate surface area is 156 Å². The van der Waals surface area contributed by atoms with Crippen LogP contribution in [0.25, 0.3) is 21.2 Å². The molecule has 1 saturated carbocycles. The third-order valence-corrected chi connectivity index (χ3v) is 6.39. The minimum absolute atomic E-state index is 0.211. The van der Waals surface area contributed by atoms with Gasteiger partial charge in [-0.05, 0) is 22.5 Å². The molecule has 1 aliphatic carbocycles. The lowest BCUT2D eigenvalue weighted by atomic mass is 9.92. The highest BCUT2D eigenvalue weighted by Crippen LogP contribution is 2.37. The molecule has 2 aromatic heterocycles. The Kier molecular flexibility index (Phi) is 4.72. The molecule has 8 nitrogen and oxygen atoms in total. The zero-order valence-corrected chi connectivity index (χ0v) is 16.1. The van der Waals surface area contributed by atoms with Crippen LogP contribution in [0.5, 0.6) is 5.88 Å². The number of azide groups is 1. The van der Waals surface area contributed by atoms with E-state index in [1.54, 1.807) is 32.3 Å². The molecule has 0 aliphatic heterocycles. The second-order valence-corrected chi connectivity index (χ2v) is 9.65. The van der Waals surface area contributed by atoms with Crippen LogP contribution in [0.1, 0.15) is 32.3 Å². The lowest BCUT2D eigenvalue weighted by Crippen LogP contribution is -2.42. The standard InChI is InChI=1S/C16H18ClN5O3S/c1-16(2,21-22-18)13-8-20-15(12-7-19-14(17)6-11(12)13)25-9-4-10(5-9)26(3,23)24/h6-10H,4-5H2,1-3H3. The van der Waals surface area contributed by atoms with Crippen LogP contribution in [-0.2, 0) is 15.4 Å². The van der Waals surface area contributed by atoms with Crippen LogP contribution in [0.3, 0.4) is 0 Å². The predicted octanol–water partition coefficient (Wildman–Crippen LogP) is 3.78. The smallest absolute Gasteiger partial charge is 0.223 e. The highest BCUT2D eigenvalue weighted by Gasteiger charge is 2.38. The fraction of sp³-hybridized carbons (Fsp3) is 0.500. The lowest BCUT2D eigenvalue weighted by Gasteiger charge is -2.34. The summed E-state index contributed by atoms with van der Waals surface area (Å²) in [5.74, 6) is 0.363. The zero-order chi connectivity index (χ0) is 19.1. The van der Waals surface area contributed by atoms with Crippen molar-refractivity contribution >= 4 is 32.2 Å². The second-order valence-electron chi connectivity index (χ2n) is 6.94. The van der Waals surface area contributed by atoms with Crippen LogP contribution < -0.4 is 4.74 Å². The van der Waals surface area contributed by atoms with Gasteiger partial charge in [0, 0.05) is 36.4 Å². The Morgan fingerprint density at radius 1 is 1.31 bits per heavy atom. The van der Waals surface area contributed by atoms with Gasteiger partial charge in [-0.2, -0.15) is 0 Å². The molecule has 0 unspecified atom stereocenters. The molecule has 2 aromatic rings. The molecule has 2 heterocycles. The molecule has 0 N–H and O–H groups in total. The zero-order valence-electron chi connectivity index (χ0n) is 14.5. The molecule has 0 saturated heterocycles. The summed E-state index contributed by atoms with van der Waals surface area (Å²) in [4.78, 5) is 11.3. The Hall–Kier alpha value is -2.09. The van der Waals surface area contributed by atoms with E-state index >= 15 is 0 Å². The molecule has 138 valence electrons. The topological polar surface area (TPSA) is 118 Å². The van der Waals surface area contributed by atoms with E-state index in [2.05, 4.69) is 20.0 Å². The quantitative estimate of drug-likeness (QED) is 0.330. The summed E-state index contributed by atoms with van der Waals surface area (Å²) >= 11 is 6.04. The second kappa shape index (κ2) is 6.57. The molecule has 0 spiro atoms. The van der Waals surface area contributed by atoms with E-state index in [4.69, 9.17) is 21.9 Å². The SMILES string of the molecule is CC(C)(N=[N+]=[N-])c1cnc(OC2CC(S(C)(=O)=O)C2)c2cnc(Cl)cc12. The van der Waals surface area contributed by atoms with Crippen LogP contribution in [0.15, 0.2) is 23.6 Å². The number of ether oxygens (including phenoxy) is 1. The molecular formula is C16H18ClN5O3S. The highest BCUT2D eigenvalue weighted by molar-refractivity contribution is 7.91. The van der Waals surface area contributed by atoms with Gasteiger partial charge in [0.15, 0.2) is 9.84 Å². The van der Waals surface area contributed by atoms with E-state index in [1.807, 2.05) is 0 Å². The maximum atomic E-state index is 11.5. The van der Waals surface area contributed by atoms with Gasteiger partial charge in [-0.1, -0.05) is 30.6 Å². The van der Waals surface area contributed by atoms with Crippen molar-refractivity contribution < 1.29 is 13.2 Å². The first kappa shape index (κ1) is 18.7. The molecule has 0 amide bonds. The van der Waals surface area contributed by atoms with Gasteiger partial charge < -0.3 is 4.74 Å². The predicted molar refractivity (Wildman–Crippen MR) is 99.0 cm³/mol. The van der Waals surface area contributed by atoms with E-state index in [1.165, 1.54) is 6.26 Å². The van der Waals surface area contributed by atoms with Gasteiger partial charge in [-0.25, -0.2) is 18.4 Å². The van der Waals surface area contributed by atoms with Crippen molar-refractivity contribution in [1.29, 1.82) is 0 Å². The van der Waals surface area contributed by atoms with Crippen LogP contribution in [-0.4, -0.2) is 36.0 Å². The normalized spacial score (nSPS) is 20.3. The maximum absolute atomic E-state index is 11.5. The number of halogens is 1. The number of pyridine rings is 2. The van der Waals surface area contributed by atoms with E-state index in [0.717, 1.165) is 5.39 Å². The molecule has 26 heavy (non-hydrogen) atoms. The number of sulfone groups is 1. The summed E-state index contributed by atoms with van der Waals surface area (Å²) < 4.78 is 29.0. The number of aromatic nitrogens is 2. The molecule has 3 rings (SSSR count). The van der Waals surface area contributed by atoms with Crippen LogP contribution in [0, 0.1) is 0 Å². The van der Waals surface area contributed by atoms with Gasteiger partial charge in [0.25, 0.3) is 0 Å². The van der Waals surface area contributed by atoms with Crippen LogP contribution in [0.2, 0.25) is 5.15 Å². The Balaban J connectivity index is 1.98. The van der Waals surface area contributed by atoms with Gasteiger partial charge in [0.05, 0.1) is 16.2 Å². The van der Waals surface area contributed by atoms with Crippen molar-refractivity contribution in [3.05, 3.63) is 39.6 Å². The van der Waals surface area contributed by atoms with Crippen molar-refractivity contribution in [1.82, 2.24) is 9.97 Å². The molecule has 0 bridgehead atoms. The number of fused-ring (bicyclic) bond motifs is 1. The first-order valence-electron chi connectivity index (χ1n) is 7.98. The van der Waals surface area contributed by atoms with Crippen LogP contribution in [0.4, 0.5) is 0 Å². The Morgan fingerprint density at radius 2 is 2.00 bits per heavy atom. The number of hydrogen-bond acceptors (Lipinski definition) is 6. The van der Waals surface area contributed by atoms with E-state index in [0.29, 0.717) is 34.8 Å². The summed E-state index contributed by atoms with van der Waals surface area (Å²) in [5.41, 5.74) is 8.69. The van der Waals surface area contributed by atoms with Gasteiger partial charge in [0.1, 0.15) is 11.3 Å². The summed E-state index contributed by atoms with van der Waals surface area (Å²) in [6.07, 6.45) is 5.05. The number of rotatable bonds is 5. The van der Waals surface area contributed by atoms with Gasteiger partial charge in [0.2, 0.25) is 5.88 Å². The number of nitrogens with zero attached hydrogens (tertiary/aromatic N) is 5. The molecule has 0 radical (unpaired) electrons. The third kappa shape index (κ3) is 3.56. The molecule has 1 aliphatic rings. The molecule has 0 atom stereocenters. The van der Waals surface area contributed by atoms with Gasteiger partial charge >= 0.3 is 0 Å². The maximum Gasteiger partial charge on any atom is 0.223 e. The fourth-order valence-electron chi connectivity index (χ4n) is 2.95. The molecule has 10 heteroatoms. The fourth-order valence-corrected chi connectivity index (χ4v) is 4.24. The van der Waals surface area contributed by atoms with E-state index in [-0.39, 0.29) is 11.4 Å². The largest absolute Gasteiger partial charge is 0.474 e. The first-order valence-corrected chi connectivity index (χ1v) is 10.3. The van der Waals surface area contributed by atoms with Crippen molar-refractivity contribution in [3.63, 3.8) is 0 Å². The first-order chi connectivity index (χ1) is 12.1. The minimum atomic E-state index is -3.05. The van der Waals surface area contributed by atoms with Crippen molar-refractivity contribution in [2.45, 2.75) is 43.6 Å². The molecular weight excluding hydrogens is 378 g/mol. The van der Waals surface area contributed by atoms with Crippen molar-refractivity contribution in [3.8, 4) is 5.88 Å². The van der Waals surface area contributed by atoms with E-state index < -0.39 is 15.4 Å². The van der Waals surface area contributed by atoms with Gasteiger partial charge in [-0.3, -0.25) is 0 Å². The molecule has 0 aromatic carbocycles.